The van der Waals surface area contributed by atoms with Gasteiger partial charge in [0.1, 0.15) is 0 Å². The van der Waals surface area contributed by atoms with Crippen molar-refractivity contribution in [3.8, 4) is 0 Å². The Morgan fingerprint density at radius 2 is 1.88 bits per heavy atom. The van der Waals surface area contributed by atoms with E-state index in [0.717, 1.165) is 0 Å². The third kappa shape index (κ3) is 7.46. The van der Waals surface area contributed by atoms with E-state index < -0.39 is 12.1 Å². The lowest BCUT2D eigenvalue weighted by Gasteiger charge is -2.03. The number of hydrogen-bond acceptors (Lipinski definition) is 4. The van der Waals surface area contributed by atoms with Gasteiger partial charge in [0.2, 0.25) is 0 Å². The number of rotatable bonds is 4. The molecule has 1 rings (SSSR count). The molecule has 0 heterocycles. The number of aliphatic hydroxyl groups excluding tert-OH is 2. The second kappa shape index (κ2) is 8.69. The highest BCUT2D eigenvalue weighted by Crippen LogP contribution is 2.10. The topological polar surface area (TPSA) is 104 Å². The Balaban J connectivity index is 0.000000366. The van der Waals surface area contributed by atoms with Crippen LogP contribution in [0, 0.1) is 0 Å². The van der Waals surface area contributed by atoms with Gasteiger partial charge in [-0.05, 0) is 18.9 Å². The van der Waals surface area contributed by atoms with Gasteiger partial charge in [0, 0.05) is 12.6 Å². The molecule has 1 aromatic rings. The van der Waals surface area contributed by atoms with Crippen LogP contribution in [0.3, 0.4) is 0 Å². The smallest absolute Gasteiger partial charge is 0.337 e. The van der Waals surface area contributed by atoms with E-state index in [1.807, 2.05) is 6.92 Å². The highest BCUT2D eigenvalue weighted by Gasteiger charge is 2.14. The summed E-state index contributed by atoms with van der Waals surface area (Å²) in [7, 11) is 0. The van der Waals surface area contributed by atoms with Gasteiger partial charge in [-0.2, -0.15) is 0 Å². The summed E-state index contributed by atoms with van der Waals surface area (Å²) in [5.74, 6) is -1.23. The fourth-order valence-electron chi connectivity index (χ4n) is 0.982. The summed E-state index contributed by atoms with van der Waals surface area (Å²) in [6.45, 7) is 2.08. The van der Waals surface area contributed by atoms with Crippen LogP contribution in [0.1, 0.15) is 25.0 Å². The molecule has 0 radical (unpaired) electrons. The third-order valence-corrected chi connectivity index (χ3v) is 1.93. The Bertz CT molecular complexity index is 314. The summed E-state index contributed by atoms with van der Waals surface area (Å²) in [5.41, 5.74) is 5.65. The van der Waals surface area contributed by atoms with Gasteiger partial charge >= 0.3 is 5.97 Å². The van der Waals surface area contributed by atoms with Crippen molar-refractivity contribution in [1.29, 1.82) is 0 Å². The zero-order valence-corrected chi connectivity index (χ0v) is 9.78. The molecule has 0 unspecified atom stereocenters. The largest absolute Gasteiger partial charge is 0.479 e. The van der Waals surface area contributed by atoms with Crippen LogP contribution in [0.15, 0.2) is 30.3 Å². The predicted octanol–water partition coefficient (Wildman–Crippen LogP) is 0.521. The number of benzene rings is 1. The average Bonchev–Trinajstić information content (AvgIpc) is 2.29. The number of aliphatic carboxylic acids is 1. The Labute approximate surface area is 101 Å². The molecule has 2 atom stereocenters. The van der Waals surface area contributed by atoms with Crippen molar-refractivity contribution in [3.05, 3.63) is 35.9 Å². The number of carboxylic acid groups (broad SMARTS) is 1. The molecule has 0 aliphatic carbocycles. The molecule has 0 aliphatic heterocycles. The average molecular weight is 241 g/mol. The quantitative estimate of drug-likeness (QED) is 0.615. The molecular weight excluding hydrogens is 222 g/mol. The van der Waals surface area contributed by atoms with E-state index in [-0.39, 0.29) is 12.6 Å². The first-order valence-corrected chi connectivity index (χ1v) is 5.31. The van der Waals surface area contributed by atoms with Crippen LogP contribution in [-0.2, 0) is 4.79 Å². The zero-order chi connectivity index (χ0) is 13.3. The molecule has 0 fully saturated rings. The van der Waals surface area contributed by atoms with Crippen LogP contribution in [0.4, 0.5) is 0 Å². The van der Waals surface area contributed by atoms with Crippen molar-refractivity contribution >= 4 is 5.97 Å². The van der Waals surface area contributed by atoms with E-state index in [1.165, 1.54) is 0 Å². The Morgan fingerprint density at radius 1 is 1.35 bits per heavy atom. The lowest BCUT2D eigenvalue weighted by molar-refractivity contribution is -0.146. The number of nitrogens with two attached hydrogens (primary N) is 1. The SMILES string of the molecule is C[C@@H](N)CCO.O=C(O)[C@@H](O)c1ccccc1. The highest BCUT2D eigenvalue weighted by molar-refractivity contribution is 5.73. The summed E-state index contributed by atoms with van der Waals surface area (Å²) in [6.07, 6.45) is -0.698. The molecule has 0 spiro atoms. The molecule has 0 saturated heterocycles. The van der Waals surface area contributed by atoms with Crippen LogP contribution >= 0.6 is 0 Å². The maximum absolute atomic E-state index is 10.2. The lowest BCUT2D eigenvalue weighted by Crippen LogP contribution is -2.15. The molecule has 5 heteroatoms. The van der Waals surface area contributed by atoms with Crippen molar-refractivity contribution in [2.75, 3.05) is 6.61 Å². The summed E-state index contributed by atoms with van der Waals surface area (Å²) in [6, 6.07) is 8.41. The van der Waals surface area contributed by atoms with Gasteiger partial charge in [0.15, 0.2) is 6.10 Å². The monoisotopic (exact) mass is 241 g/mol. The summed E-state index contributed by atoms with van der Waals surface area (Å²) in [5, 5.41) is 25.5. The highest BCUT2D eigenvalue weighted by atomic mass is 16.4. The van der Waals surface area contributed by atoms with Gasteiger partial charge < -0.3 is 21.1 Å². The molecule has 5 N–H and O–H groups in total. The van der Waals surface area contributed by atoms with Crippen molar-refractivity contribution in [1.82, 2.24) is 0 Å². The first kappa shape index (κ1) is 15.6. The number of carbonyl (C=O) groups is 1. The van der Waals surface area contributed by atoms with Gasteiger partial charge in [-0.15, -0.1) is 0 Å². The van der Waals surface area contributed by atoms with Crippen LogP contribution in [0.25, 0.3) is 0 Å². The maximum Gasteiger partial charge on any atom is 0.337 e. The minimum atomic E-state index is -1.41. The van der Waals surface area contributed by atoms with E-state index in [1.54, 1.807) is 30.3 Å². The maximum atomic E-state index is 10.2. The minimum Gasteiger partial charge on any atom is -0.479 e. The first-order chi connectivity index (χ1) is 7.99. The number of carboxylic acids is 1. The van der Waals surface area contributed by atoms with Crippen LogP contribution in [0.2, 0.25) is 0 Å². The van der Waals surface area contributed by atoms with Gasteiger partial charge in [-0.3, -0.25) is 0 Å². The molecule has 0 saturated carbocycles. The first-order valence-electron chi connectivity index (χ1n) is 5.31. The van der Waals surface area contributed by atoms with Gasteiger partial charge in [-0.1, -0.05) is 30.3 Å². The lowest BCUT2D eigenvalue weighted by atomic mass is 10.1. The van der Waals surface area contributed by atoms with Gasteiger partial charge in [0.25, 0.3) is 0 Å². The second-order valence-corrected chi connectivity index (χ2v) is 3.64. The minimum absolute atomic E-state index is 0.148. The fraction of sp³-hybridized carbons (Fsp3) is 0.417. The van der Waals surface area contributed by atoms with Gasteiger partial charge in [-0.25, -0.2) is 4.79 Å². The summed E-state index contributed by atoms with van der Waals surface area (Å²) in [4.78, 5) is 10.2. The second-order valence-electron chi connectivity index (χ2n) is 3.64. The summed E-state index contributed by atoms with van der Waals surface area (Å²) < 4.78 is 0. The molecule has 0 bridgehead atoms. The standard InChI is InChI=1S/C8H8O3.C4H11NO/c9-7(8(10)11)6-4-2-1-3-5-6;1-4(5)2-3-6/h1-5,7,9H,(H,10,11);4,6H,2-3,5H2,1H3/t7-;4-/m01/s1. The van der Waals surface area contributed by atoms with Gasteiger partial charge in [0.05, 0.1) is 0 Å². The molecule has 0 amide bonds. The van der Waals surface area contributed by atoms with Crippen molar-refractivity contribution in [2.24, 2.45) is 5.73 Å². The summed E-state index contributed by atoms with van der Waals surface area (Å²) >= 11 is 0. The van der Waals surface area contributed by atoms with Crippen molar-refractivity contribution in [2.45, 2.75) is 25.5 Å². The Hall–Kier alpha value is -1.43. The molecule has 0 aromatic heterocycles. The van der Waals surface area contributed by atoms with Crippen LogP contribution in [-0.4, -0.2) is 33.9 Å². The van der Waals surface area contributed by atoms with Crippen LogP contribution in [0.5, 0.6) is 0 Å². The van der Waals surface area contributed by atoms with Crippen molar-refractivity contribution < 1.29 is 20.1 Å². The normalized spacial score (nSPS) is 13.2. The molecule has 96 valence electrons. The number of hydrogen-bond donors (Lipinski definition) is 4. The zero-order valence-electron chi connectivity index (χ0n) is 9.78. The molecule has 1 aromatic carbocycles. The third-order valence-electron chi connectivity index (χ3n) is 1.93. The van der Waals surface area contributed by atoms with E-state index in [0.29, 0.717) is 12.0 Å². The van der Waals surface area contributed by atoms with Crippen LogP contribution < -0.4 is 5.73 Å². The van der Waals surface area contributed by atoms with E-state index in [2.05, 4.69) is 0 Å². The van der Waals surface area contributed by atoms with E-state index in [9.17, 15) is 4.79 Å². The fourth-order valence-corrected chi connectivity index (χ4v) is 0.982. The Morgan fingerprint density at radius 3 is 2.18 bits per heavy atom. The predicted molar refractivity (Wildman–Crippen MR) is 64.4 cm³/mol. The molecule has 17 heavy (non-hydrogen) atoms. The molecule has 5 nitrogen and oxygen atoms in total. The Kier molecular flexibility index (Phi) is 7.96. The van der Waals surface area contributed by atoms with E-state index >= 15 is 0 Å². The van der Waals surface area contributed by atoms with E-state index in [4.69, 9.17) is 21.1 Å². The van der Waals surface area contributed by atoms with Crippen molar-refractivity contribution in [3.63, 3.8) is 0 Å². The molecular formula is C12H19NO4. The molecule has 0 aliphatic rings. The number of aliphatic hydroxyl groups is 2.